The lowest BCUT2D eigenvalue weighted by Gasteiger charge is -2.03. The average molecular weight is 231 g/mol. The van der Waals surface area contributed by atoms with Crippen molar-refractivity contribution in [1.29, 1.82) is 0 Å². The van der Waals surface area contributed by atoms with Crippen LogP contribution >= 0.6 is 0 Å². The van der Waals surface area contributed by atoms with Gasteiger partial charge < -0.3 is 9.72 Å². The van der Waals surface area contributed by atoms with Gasteiger partial charge in [0.25, 0.3) is 12.0 Å². The number of carbonyl (C=O) groups excluding carboxylic acids is 1. The van der Waals surface area contributed by atoms with Crippen molar-refractivity contribution in [3.05, 3.63) is 33.7 Å². The van der Waals surface area contributed by atoms with E-state index in [9.17, 15) is 18.4 Å². The molecule has 88 valence electrons. The molecule has 0 aliphatic carbocycles. The first kappa shape index (κ1) is 12.4. The Morgan fingerprint density at radius 3 is 2.81 bits per heavy atom. The average Bonchev–Trinajstić information content (AvgIpc) is 2.21. The van der Waals surface area contributed by atoms with Crippen LogP contribution in [0, 0.1) is 0 Å². The summed E-state index contributed by atoms with van der Waals surface area (Å²) in [5, 5.41) is 0. The van der Waals surface area contributed by atoms with E-state index in [-0.39, 0.29) is 24.2 Å². The smallest absolute Gasteiger partial charge is 0.310 e. The Balaban J connectivity index is 2.90. The molecule has 1 aromatic rings. The summed E-state index contributed by atoms with van der Waals surface area (Å²) in [6, 6.07) is 1.01. The van der Waals surface area contributed by atoms with Gasteiger partial charge in [0.15, 0.2) is 0 Å². The molecular formula is C10H11F2NO3. The van der Waals surface area contributed by atoms with Gasteiger partial charge in [0.2, 0.25) is 0 Å². The van der Waals surface area contributed by atoms with Crippen molar-refractivity contribution in [2.75, 3.05) is 6.61 Å². The van der Waals surface area contributed by atoms with Gasteiger partial charge in [-0.1, -0.05) is 0 Å². The lowest BCUT2D eigenvalue weighted by Crippen LogP contribution is -2.18. The van der Waals surface area contributed by atoms with Gasteiger partial charge in [0.05, 0.1) is 13.0 Å². The van der Waals surface area contributed by atoms with E-state index in [1.54, 1.807) is 6.92 Å². The van der Waals surface area contributed by atoms with E-state index in [0.717, 1.165) is 12.3 Å². The van der Waals surface area contributed by atoms with Crippen molar-refractivity contribution in [2.24, 2.45) is 0 Å². The number of pyridine rings is 1. The highest BCUT2D eigenvalue weighted by atomic mass is 19.3. The number of H-pyrrole nitrogens is 1. The van der Waals surface area contributed by atoms with Gasteiger partial charge in [-0.25, -0.2) is 8.78 Å². The van der Waals surface area contributed by atoms with Gasteiger partial charge in [0.1, 0.15) is 0 Å². The van der Waals surface area contributed by atoms with Crippen LogP contribution in [0.3, 0.4) is 0 Å². The third-order valence-electron chi connectivity index (χ3n) is 1.89. The second-order valence-corrected chi connectivity index (χ2v) is 3.07. The fraction of sp³-hybridized carbons (Fsp3) is 0.400. The van der Waals surface area contributed by atoms with Crippen molar-refractivity contribution in [1.82, 2.24) is 4.98 Å². The van der Waals surface area contributed by atoms with E-state index in [1.807, 2.05) is 0 Å². The Kier molecular flexibility index (Phi) is 4.16. The number of nitrogens with one attached hydrogen (secondary N) is 1. The lowest BCUT2D eigenvalue weighted by atomic mass is 10.1. The molecule has 6 heteroatoms. The molecule has 4 nitrogen and oxygen atoms in total. The lowest BCUT2D eigenvalue weighted by molar-refractivity contribution is -0.142. The molecule has 0 radical (unpaired) electrons. The predicted octanol–water partition coefficient (Wildman–Crippen LogP) is 1.42. The number of hydrogen-bond acceptors (Lipinski definition) is 3. The molecule has 0 spiro atoms. The standard InChI is InChI=1S/C10H11F2NO3/c1-2-16-8(14)4-6-3-7(9(11)12)5-13-10(6)15/h3,5,9H,2,4H2,1H3,(H,13,15). The van der Waals surface area contributed by atoms with E-state index >= 15 is 0 Å². The minimum absolute atomic E-state index is 0.0174. The summed E-state index contributed by atoms with van der Waals surface area (Å²) in [5.41, 5.74) is -0.896. The summed E-state index contributed by atoms with van der Waals surface area (Å²) < 4.78 is 29.3. The third kappa shape index (κ3) is 3.15. The Morgan fingerprint density at radius 1 is 1.56 bits per heavy atom. The van der Waals surface area contributed by atoms with Crippen molar-refractivity contribution < 1.29 is 18.3 Å². The second-order valence-electron chi connectivity index (χ2n) is 3.07. The van der Waals surface area contributed by atoms with Gasteiger partial charge in [0, 0.05) is 17.3 Å². The Bertz CT molecular complexity index is 428. The molecule has 0 saturated heterocycles. The van der Waals surface area contributed by atoms with Crippen molar-refractivity contribution in [2.45, 2.75) is 19.8 Å². The van der Waals surface area contributed by atoms with Crippen LogP contribution in [0.2, 0.25) is 0 Å². The van der Waals surface area contributed by atoms with E-state index in [2.05, 4.69) is 9.72 Å². The maximum absolute atomic E-state index is 12.3. The first-order valence-electron chi connectivity index (χ1n) is 4.70. The van der Waals surface area contributed by atoms with Crippen LogP contribution in [0.15, 0.2) is 17.1 Å². The third-order valence-corrected chi connectivity index (χ3v) is 1.89. The Morgan fingerprint density at radius 2 is 2.25 bits per heavy atom. The molecular weight excluding hydrogens is 220 g/mol. The number of ether oxygens (including phenoxy) is 1. The first-order valence-corrected chi connectivity index (χ1v) is 4.70. The van der Waals surface area contributed by atoms with Crippen LogP contribution in [0.1, 0.15) is 24.5 Å². The number of alkyl halides is 2. The predicted molar refractivity (Wildman–Crippen MR) is 52.4 cm³/mol. The first-order chi connectivity index (χ1) is 7.54. The van der Waals surface area contributed by atoms with Crippen LogP contribution in [0.25, 0.3) is 0 Å². The van der Waals surface area contributed by atoms with Gasteiger partial charge in [-0.05, 0) is 13.0 Å². The SMILES string of the molecule is CCOC(=O)Cc1cc(C(F)F)c[nH]c1=O. The molecule has 16 heavy (non-hydrogen) atoms. The van der Waals surface area contributed by atoms with Crippen LogP contribution in [0.4, 0.5) is 8.78 Å². The molecule has 0 atom stereocenters. The highest BCUT2D eigenvalue weighted by Crippen LogP contribution is 2.17. The van der Waals surface area contributed by atoms with Crippen LogP contribution in [-0.2, 0) is 16.0 Å². The molecule has 0 aromatic carbocycles. The molecule has 0 fully saturated rings. The maximum Gasteiger partial charge on any atom is 0.310 e. The van der Waals surface area contributed by atoms with Gasteiger partial charge in [-0.15, -0.1) is 0 Å². The highest BCUT2D eigenvalue weighted by Gasteiger charge is 2.12. The van der Waals surface area contributed by atoms with Crippen LogP contribution in [0.5, 0.6) is 0 Å². The molecule has 0 aliphatic rings. The van der Waals surface area contributed by atoms with Crippen molar-refractivity contribution in [3.63, 3.8) is 0 Å². The highest BCUT2D eigenvalue weighted by molar-refractivity contribution is 5.72. The molecule has 1 heterocycles. The number of hydrogen-bond donors (Lipinski definition) is 1. The summed E-state index contributed by atoms with van der Waals surface area (Å²) in [7, 11) is 0. The van der Waals surface area contributed by atoms with Crippen molar-refractivity contribution >= 4 is 5.97 Å². The fourth-order valence-electron chi connectivity index (χ4n) is 1.17. The molecule has 1 N–H and O–H groups in total. The number of aromatic nitrogens is 1. The largest absolute Gasteiger partial charge is 0.466 e. The zero-order valence-electron chi connectivity index (χ0n) is 8.63. The molecule has 1 aromatic heterocycles. The van der Waals surface area contributed by atoms with Gasteiger partial charge >= 0.3 is 5.97 Å². The minimum Gasteiger partial charge on any atom is -0.466 e. The Hall–Kier alpha value is -1.72. The Labute approximate surface area is 90.2 Å². The summed E-state index contributed by atoms with van der Waals surface area (Å²) in [6.07, 6.45) is -2.05. The normalized spacial score (nSPS) is 10.5. The zero-order chi connectivity index (χ0) is 12.1. The van der Waals surface area contributed by atoms with Gasteiger partial charge in [-0.3, -0.25) is 9.59 Å². The summed E-state index contributed by atoms with van der Waals surface area (Å²) in [6.45, 7) is 1.81. The minimum atomic E-state index is -2.68. The maximum atomic E-state index is 12.3. The number of halogens is 2. The van der Waals surface area contributed by atoms with E-state index in [0.29, 0.717) is 0 Å². The number of esters is 1. The molecule has 0 amide bonds. The van der Waals surface area contributed by atoms with E-state index in [4.69, 9.17) is 0 Å². The van der Waals surface area contributed by atoms with Crippen LogP contribution < -0.4 is 5.56 Å². The summed E-state index contributed by atoms with van der Waals surface area (Å²) >= 11 is 0. The zero-order valence-corrected chi connectivity index (χ0v) is 8.63. The second kappa shape index (κ2) is 5.39. The molecule has 0 saturated carbocycles. The van der Waals surface area contributed by atoms with E-state index < -0.39 is 18.0 Å². The van der Waals surface area contributed by atoms with Crippen LogP contribution in [-0.4, -0.2) is 17.6 Å². The molecule has 0 unspecified atom stereocenters. The molecule has 0 aliphatic heterocycles. The van der Waals surface area contributed by atoms with E-state index in [1.165, 1.54) is 0 Å². The molecule has 0 bridgehead atoms. The number of aromatic amines is 1. The molecule has 1 rings (SSSR count). The fourth-order valence-corrected chi connectivity index (χ4v) is 1.17. The van der Waals surface area contributed by atoms with Crippen molar-refractivity contribution in [3.8, 4) is 0 Å². The summed E-state index contributed by atoms with van der Waals surface area (Å²) in [5.74, 6) is -0.612. The topological polar surface area (TPSA) is 59.2 Å². The number of carbonyl (C=O) groups is 1. The number of rotatable bonds is 4. The monoisotopic (exact) mass is 231 g/mol. The summed E-state index contributed by atoms with van der Waals surface area (Å²) in [4.78, 5) is 24.5. The van der Waals surface area contributed by atoms with Gasteiger partial charge in [-0.2, -0.15) is 0 Å². The quantitative estimate of drug-likeness (QED) is 0.797.